The van der Waals surface area contributed by atoms with Crippen molar-refractivity contribution < 1.29 is 4.74 Å². The van der Waals surface area contributed by atoms with Crippen molar-refractivity contribution in [2.75, 3.05) is 19.8 Å². The Labute approximate surface area is 108 Å². The van der Waals surface area contributed by atoms with Crippen LogP contribution in [0.4, 0.5) is 0 Å². The van der Waals surface area contributed by atoms with E-state index in [-0.39, 0.29) is 0 Å². The summed E-state index contributed by atoms with van der Waals surface area (Å²) in [4.78, 5) is 0. The molecule has 1 unspecified atom stereocenters. The van der Waals surface area contributed by atoms with Crippen molar-refractivity contribution in [3.63, 3.8) is 0 Å². The Balaban J connectivity index is 2.25. The highest BCUT2D eigenvalue weighted by molar-refractivity contribution is 4.78. The monoisotopic (exact) mass is 241 g/mol. The maximum atomic E-state index is 5.47. The van der Waals surface area contributed by atoms with E-state index in [2.05, 4.69) is 19.2 Å². The number of hydrogen-bond donors (Lipinski definition) is 1. The van der Waals surface area contributed by atoms with E-state index in [0.717, 1.165) is 25.2 Å². The fourth-order valence-corrected chi connectivity index (χ4v) is 2.74. The largest absolute Gasteiger partial charge is 0.381 e. The van der Waals surface area contributed by atoms with E-state index in [1.165, 1.54) is 57.9 Å². The topological polar surface area (TPSA) is 21.3 Å². The van der Waals surface area contributed by atoms with Crippen LogP contribution >= 0.6 is 0 Å². The lowest BCUT2D eigenvalue weighted by atomic mass is 9.88. The molecule has 0 radical (unpaired) electrons. The molecule has 2 nitrogen and oxygen atoms in total. The first-order valence-electron chi connectivity index (χ1n) is 7.69. The maximum Gasteiger partial charge on any atom is 0.0469 e. The van der Waals surface area contributed by atoms with Gasteiger partial charge < -0.3 is 10.1 Å². The molecule has 1 N–H and O–H groups in total. The molecule has 102 valence electrons. The zero-order valence-electron chi connectivity index (χ0n) is 11.8. The molecule has 1 fully saturated rings. The van der Waals surface area contributed by atoms with Gasteiger partial charge in [0.1, 0.15) is 0 Å². The normalized spacial score (nSPS) is 19.4. The average Bonchev–Trinajstić information content (AvgIpc) is 2.39. The minimum atomic E-state index is 0.746. The summed E-state index contributed by atoms with van der Waals surface area (Å²) in [6.45, 7) is 7.67. The quantitative estimate of drug-likeness (QED) is 0.621. The highest BCUT2D eigenvalue weighted by atomic mass is 16.5. The van der Waals surface area contributed by atoms with Crippen molar-refractivity contribution in [3.8, 4) is 0 Å². The highest BCUT2D eigenvalue weighted by Crippen LogP contribution is 2.22. The summed E-state index contributed by atoms with van der Waals surface area (Å²) in [5, 5.41) is 3.76. The van der Waals surface area contributed by atoms with Crippen molar-refractivity contribution in [2.45, 2.75) is 71.3 Å². The zero-order chi connectivity index (χ0) is 12.3. The van der Waals surface area contributed by atoms with Crippen LogP contribution in [-0.2, 0) is 4.74 Å². The second kappa shape index (κ2) is 9.90. The van der Waals surface area contributed by atoms with Gasteiger partial charge in [0.05, 0.1) is 0 Å². The van der Waals surface area contributed by atoms with Crippen molar-refractivity contribution in [1.82, 2.24) is 5.32 Å². The molecule has 0 bridgehead atoms. The second-order valence-electron chi connectivity index (χ2n) is 5.36. The summed E-state index contributed by atoms with van der Waals surface area (Å²) in [7, 11) is 0. The third-order valence-electron chi connectivity index (χ3n) is 3.86. The van der Waals surface area contributed by atoms with E-state index in [0.29, 0.717) is 0 Å². The molecular weight excluding hydrogens is 210 g/mol. The van der Waals surface area contributed by atoms with E-state index in [4.69, 9.17) is 4.74 Å². The van der Waals surface area contributed by atoms with Crippen LogP contribution in [-0.4, -0.2) is 25.8 Å². The van der Waals surface area contributed by atoms with Crippen LogP contribution < -0.4 is 5.32 Å². The van der Waals surface area contributed by atoms with Gasteiger partial charge in [0.15, 0.2) is 0 Å². The van der Waals surface area contributed by atoms with Crippen LogP contribution in [0.1, 0.15) is 65.2 Å². The molecule has 0 aliphatic carbocycles. The smallest absolute Gasteiger partial charge is 0.0469 e. The lowest BCUT2D eigenvalue weighted by Gasteiger charge is -2.31. The van der Waals surface area contributed by atoms with Crippen LogP contribution in [0, 0.1) is 5.92 Å². The van der Waals surface area contributed by atoms with Crippen LogP contribution in [0.25, 0.3) is 0 Å². The first kappa shape index (κ1) is 15.0. The molecule has 0 aromatic heterocycles. The van der Waals surface area contributed by atoms with Crippen LogP contribution in [0.5, 0.6) is 0 Å². The fourth-order valence-electron chi connectivity index (χ4n) is 2.74. The number of rotatable bonds is 9. The molecule has 1 heterocycles. The minimum Gasteiger partial charge on any atom is -0.381 e. The predicted octanol–water partition coefficient (Wildman–Crippen LogP) is 3.75. The van der Waals surface area contributed by atoms with Crippen LogP contribution in [0.2, 0.25) is 0 Å². The molecule has 0 aromatic carbocycles. The minimum absolute atomic E-state index is 0.746. The molecule has 1 rings (SSSR count). The van der Waals surface area contributed by atoms with Gasteiger partial charge in [0, 0.05) is 19.3 Å². The van der Waals surface area contributed by atoms with Crippen LogP contribution in [0.3, 0.4) is 0 Å². The molecular formula is C15H31NO. The summed E-state index contributed by atoms with van der Waals surface area (Å²) in [6.07, 6.45) is 10.7. The van der Waals surface area contributed by atoms with Gasteiger partial charge in [-0.1, -0.05) is 39.5 Å². The van der Waals surface area contributed by atoms with Crippen molar-refractivity contribution in [2.24, 2.45) is 5.92 Å². The second-order valence-corrected chi connectivity index (χ2v) is 5.36. The maximum absolute atomic E-state index is 5.47. The Morgan fingerprint density at radius 3 is 2.47 bits per heavy atom. The van der Waals surface area contributed by atoms with E-state index in [1.54, 1.807) is 0 Å². The van der Waals surface area contributed by atoms with Gasteiger partial charge in [-0.15, -0.1) is 0 Å². The molecule has 1 atom stereocenters. The predicted molar refractivity (Wildman–Crippen MR) is 74.4 cm³/mol. The number of ether oxygens (including phenoxy) is 1. The van der Waals surface area contributed by atoms with E-state index >= 15 is 0 Å². The van der Waals surface area contributed by atoms with E-state index in [1.807, 2.05) is 0 Å². The molecule has 17 heavy (non-hydrogen) atoms. The molecule has 0 amide bonds. The summed E-state index contributed by atoms with van der Waals surface area (Å²) >= 11 is 0. The molecule has 1 aliphatic rings. The average molecular weight is 241 g/mol. The molecule has 0 aromatic rings. The standard InChI is InChI=1S/C15H31NO/c1-3-5-6-7-8-15(16-11-4-2)14-9-12-17-13-10-14/h14-16H,3-13H2,1-2H3. The van der Waals surface area contributed by atoms with Gasteiger partial charge in [0.25, 0.3) is 0 Å². The van der Waals surface area contributed by atoms with Gasteiger partial charge in [-0.3, -0.25) is 0 Å². The lowest BCUT2D eigenvalue weighted by molar-refractivity contribution is 0.0522. The van der Waals surface area contributed by atoms with Gasteiger partial charge in [0.2, 0.25) is 0 Å². The molecule has 0 saturated carbocycles. The van der Waals surface area contributed by atoms with Gasteiger partial charge in [-0.25, -0.2) is 0 Å². The Hall–Kier alpha value is -0.0800. The van der Waals surface area contributed by atoms with Crippen molar-refractivity contribution in [3.05, 3.63) is 0 Å². The SMILES string of the molecule is CCCCCCC(NCCC)C1CCOCC1. The summed E-state index contributed by atoms with van der Waals surface area (Å²) < 4.78 is 5.47. The van der Waals surface area contributed by atoms with E-state index in [9.17, 15) is 0 Å². The van der Waals surface area contributed by atoms with Crippen molar-refractivity contribution >= 4 is 0 Å². The first-order chi connectivity index (χ1) is 8.38. The Morgan fingerprint density at radius 1 is 1.06 bits per heavy atom. The molecule has 2 heteroatoms. The Bertz CT molecular complexity index is 166. The summed E-state index contributed by atoms with van der Waals surface area (Å²) in [5.74, 6) is 0.858. The third kappa shape index (κ3) is 6.42. The molecule has 0 spiro atoms. The summed E-state index contributed by atoms with van der Waals surface area (Å²) in [5.41, 5.74) is 0. The Kier molecular flexibility index (Phi) is 8.72. The first-order valence-corrected chi connectivity index (χ1v) is 7.69. The third-order valence-corrected chi connectivity index (χ3v) is 3.86. The fraction of sp³-hybridized carbons (Fsp3) is 1.00. The highest BCUT2D eigenvalue weighted by Gasteiger charge is 2.22. The summed E-state index contributed by atoms with van der Waals surface area (Å²) in [6, 6.07) is 0.746. The molecule has 1 aliphatic heterocycles. The number of hydrogen-bond acceptors (Lipinski definition) is 2. The van der Waals surface area contributed by atoms with Crippen molar-refractivity contribution in [1.29, 1.82) is 0 Å². The van der Waals surface area contributed by atoms with Gasteiger partial charge >= 0.3 is 0 Å². The van der Waals surface area contributed by atoms with Gasteiger partial charge in [-0.2, -0.15) is 0 Å². The number of nitrogens with one attached hydrogen (secondary N) is 1. The lowest BCUT2D eigenvalue weighted by Crippen LogP contribution is -2.39. The molecule has 1 saturated heterocycles. The van der Waals surface area contributed by atoms with Crippen LogP contribution in [0.15, 0.2) is 0 Å². The van der Waals surface area contributed by atoms with Gasteiger partial charge in [-0.05, 0) is 38.1 Å². The Morgan fingerprint density at radius 2 is 1.82 bits per heavy atom. The van der Waals surface area contributed by atoms with E-state index < -0.39 is 0 Å². The number of unbranched alkanes of at least 4 members (excludes halogenated alkanes) is 3. The zero-order valence-corrected chi connectivity index (χ0v) is 11.8.